The lowest BCUT2D eigenvalue weighted by Crippen LogP contribution is -2.30. The van der Waals surface area contributed by atoms with Crippen LogP contribution in [0.5, 0.6) is 5.75 Å². The first-order valence-corrected chi connectivity index (χ1v) is 11.1. The summed E-state index contributed by atoms with van der Waals surface area (Å²) in [6.45, 7) is 7.73. The van der Waals surface area contributed by atoms with E-state index in [0.717, 1.165) is 4.88 Å². The largest absolute Gasteiger partial charge is 0.415 e. The summed E-state index contributed by atoms with van der Waals surface area (Å²) in [6.07, 6.45) is -0.575. The maximum Gasteiger partial charge on any atom is 0.415 e. The van der Waals surface area contributed by atoms with Crippen molar-refractivity contribution in [3.63, 3.8) is 0 Å². The third-order valence-corrected chi connectivity index (χ3v) is 5.98. The molecule has 0 saturated heterocycles. The molecule has 0 spiro atoms. The number of hydrogen-bond donors (Lipinski definition) is 2. The molecule has 0 bridgehead atoms. The highest BCUT2D eigenvalue weighted by atomic mass is 32.1. The summed E-state index contributed by atoms with van der Waals surface area (Å²) in [7, 11) is 1.60. The first-order chi connectivity index (χ1) is 15.6. The molecule has 3 amide bonds. The Morgan fingerprint density at radius 3 is 2.70 bits per heavy atom. The lowest BCUT2D eigenvalue weighted by atomic mass is 10.1. The summed E-state index contributed by atoms with van der Waals surface area (Å²) >= 11 is 1.34. The quantitative estimate of drug-likeness (QED) is 0.500. The minimum absolute atomic E-state index is 0.135. The van der Waals surface area contributed by atoms with E-state index in [4.69, 9.17) is 9.26 Å². The van der Waals surface area contributed by atoms with E-state index in [9.17, 15) is 14.0 Å². The van der Waals surface area contributed by atoms with Crippen molar-refractivity contribution in [2.24, 2.45) is 0 Å². The van der Waals surface area contributed by atoms with Crippen LogP contribution in [0.1, 0.15) is 47.4 Å². The molecule has 0 unspecified atom stereocenters. The SMILES string of the molecule is Cc1noc(C)c1OC(=O)N(C)Cc1nc(NC(=O)NCc2cccc(F)c2)sc1C(C)C. The predicted molar refractivity (Wildman–Crippen MR) is 122 cm³/mol. The van der Waals surface area contributed by atoms with Crippen LogP contribution < -0.4 is 15.4 Å². The van der Waals surface area contributed by atoms with E-state index < -0.39 is 12.1 Å². The first-order valence-electron chi connectivity index (χ1n) is 10.3. The topological polar surface area (TPSA) is 110 Å². The highest BCUT2D eigenvalue weighted by Crippen LogP contribution is 2.31. The Kier molecular flexibility index (Phi) is 7.64. The van der Waals surface area contributed by atoms with E-state index in [1.165, 1.54) is 28.4 Å². The zero-order valence-electron chi connectivity index (χ0n) is 19.1. The number of benzene rings is 1. The molecule has 0 saturated carbocycles. The predicted octanol–water partition coefficient (Wildman–Crippen LogP) is 4.96. The van der Waals surface area contributed by atoms with Crippen molar-refractivity contribution in [1.29, 1.82) is 0 Å². The molecule has 2 heterocycles. The van der Waals surface area contributed by atoms with Gasteiger partial charge in [-0.2, -0.15) is 0 Å². The number of amides is 3. The second-order valence-electron chi connectivity index (χ2n) is 7.80. The molecule has 0 aliphatic carbocycles. The van der Waals surface area contributed by atoms with E-state index in [1.807, 2.05) is 13.8 Å². The summed E-state index contributed by atoms with van der Waals surface area (Å²) in [6, 6.07) is 5.55. The molecule has 1 aromatic carbocycles. The second kappa shape index (κ2) is 10.4. The number of nitrogens with zero attached hydrogens (tertiary/aromatic N) is 3. The Morgan fingerprint density at radius 1 is 1.30 bits per heavy atom. The number of aromatic nitrogens is 2. The summed E-state index contributed by atoms with van der Waals surface area (Å²) < 4.78 is 23.7. The van der Waals surface area contributed by atoms with Crippen LogP contribution in [0.2, 0.25) is 0 Å². The molecule has 0 atom stereocenters. The van der Waals surface area contributed by atoms with Gasteiger partial charge in [-0.1, -0.05) is 31.1 Å². The Bertz CT molecular complexity index is 1120. The number of carbonyl (C=O) groups excluding carboxylic acids is 2. The molecule has 0 aliphatic rings. The standard InChI is InChI=1S/C22H26FN5O4S/c1-12(2)19-17(11-28(5)22(30)31-18-13(3)27-32-14(18)4)25-21(33-19)26-20(29)24-10-15-7-6-8-16(23)9-15/h6-9,12H,10-11H2,1-5H3,(H2,24,25,26,29). The fourth-order valence-electron chi connectivity index (χ4n) is 3.03. The average molecular weight is 476 g/mol. The number of hydrogen-bond acceptors (Lipinski definition) is 7. The first kappa shape index (κ1) is 24.2. The van der Waals surface area contributed by atoms with Gasteiger partial charge in [0, 0.05) is 25.4 Å². The third-order valence-electron chi connectivity index (χ3n) is 4.67. The van der Waals surface area contributed by atoms with Gasteiger partial charge in [0.1, 0.15) is 11.5 Å². The van der Waals surface area contributed by atoms with Crippen molar-refractivity contribution in [3.8, 4) is 5.75 Å². The lowest BCUT2D eigenvalue weighted by molar-refractivity contribution is 0.159. The van der Waals surface area contributed by atoms with Crippen molar-refractivity contribution in [2.45, 2.75) is 46.7 Å². The molecule has 0 radical (unpaired) electrons. The van der Waals surface area contributed by atoms with E-state index in [2.05, 4.69) is 20.8 Å². The van der Waals surface area contributed by atoms with Gasteiger partial charge in [-0.15, -0.1) is 11.3 Å². The Labute approximate surface area is 194 Å². The van der Waals surface area contributed by atoms with Crippen molar-refractivity contribution in [2.75, 3.05) is 12.4 Å². The van der Waals surface area contributed by atoms with Gasteiger partial charge < -0.3 is 19.5 Å². The number of thiazole rings is 1. The van der Waals surface area contributed by atoms with Gasteiger partial charge >= 0.3 is 12.1 Å². The van der Waals surface area contributed by atoms with Gasteiger partial charge in [-0.05, 0) is 30.5 Å². The fraction of sp³-hybridized carbons (Fsp3) is 0.364. The van der Waals surface area contributed by atoms with Gasteiger partial charge in [0.2, 0.25) is 0 Å². The van der Waals surface area contributed by atoms with Crippen LogP contribution in [0.25, 0.3) is 0 Å². The smallest absolute Gasteiger partial charge is 0.404 e. The number of urea groups is 1. The molecule has 176 valence electrons. The van der Waals surface area contributed by atoms with Crippen LogP contribution >= 0.6 is 11.3 Å². The van der Waals surface area contributed by atoms with Crippen LogP contribution in [0.15, 0.2) is 28.8 Å². The average Bonchev–Trinajstić information content (AvgIpc) is 3.30. The number of carbonyl (C=O) groups is 2. The van der Waals surface area contributed by atoms with Gasteiger partial charge in [-0.3, -0.25) is 5.32 Å². The zero-order valence-corrected chi connectivity index (χ0v) is 19.9. The minimum Gasteiger partial charge on any atom is -0.404 e. The van der Waals surface area contributed by atoms with Crippen LogP contribution in [0.3, 0.4) is 0 Å². The number of ether oxygens (including phenoxy) is 1. The van der Waals surface area contributed by atoms with E-state index in [0.29, 0.717) is 33.6 Å². The van der Waals surface area contributed by atoms with Crippen LogP contribution in [0.4, 0.5) is 19.1 Å². The minimum atomic E-state index is -0.575. The van der Waals surface area contributed by atoms with Gasteiger partial charge in [0.25, 0.3) is 0 Å². The summed E-state index contributed by atoms with van der Waals surface area (Å²) in [5.74, 6) is 0.487. The van der Waals surface area contributed by atoms with E-state index in [1.54, 1.807) is 33.0 Å². The summed E-state index contributed by atoms with van der Waals surface area (Å²) in [5, 5.41) is 9.56. The molecule has 2 aromatic heterocycles. The Morgan fingerprint density at radius 2 is 2.06 bits per heavy atom. The van der Waals surface area contributed by atoms with Crippen LogP contribution in [0, 0.1) is 19.7 Å². The number of halogens is 1. The molecule has 0 fully saturated rings. The molecule has 0 aliphatic heterocycles. The number of anilines is 1. The highest BCUT2D eigenvalue weighted by Gasteiger charge is 2.22. The van der Waals surface area contributed by atoms with Crippen molar-refractivity contribution >= 4 is 28.6 Å². The number of nitrogens with one attached hydrogen (secondary N) is 2. The van der Waals surface area contributed by atoms with E-state index >= 15 is 0 Å². The molecule has 9 nitrogen and oxygen atoms in total. The van der Waals surface area contributed by atoms with Crippen LogP contribution in [-0.4, -0.2) is 34.2 Å². The highest BCUT2D eigenvalue weighted by molar-refractivity contribution is 7.16. The summed E-state index contributed by atoms with van der Waals surface area (Å²) in [4.78, 5) is 31.6. The van der Waals surface area contributed by atoms with Crippen molar-refractivity contribution in [1.82, 2.24) is 20.4 Å². The van der Waals surface area contributed by atoms with Crippen LogP contribution in [-0.2, 0) is 13.1 Å². The number of rotatable bonds is 7. The lowest BCUT2D eigenvalue weighted by Gasteiger charge is -2.16. The maximum absolute atomic E-state index is 13.3. The fourth-order valence-corrected chi connectivity index (χ4v) is 4.00. The normalized spacial score (nSPS) is 10.9. The number of aryl methyl sites for hydroxylation is 2. The van der Waals surface area contributed by atoms with Crippen molar-refractivity contribution in [3.05, 3.63) is 57.7 Å². The second-order valence-corrected chi connectivity index (χ2v) is 8.83. The molecular weight excluding hydrogens is 449 g/mol. The zero-order chi connectivity index (χ0) is 24.1. The molecule has 3 rings (SSSR count). The molecule has 2 N–H and O–H groups in total. The molecule has 33 heavy (non-hydrogen) atoms. The molecule has 3 aromatic rings. The Balaban J connectivity index is 1.63. The van der Waals surface area contributed by atoms with E-state index in [-0.39, 0.29) is 24.8 Å². The van der Waals surface area contributed by atoms with Gasteiger partial charge in [0.15, 0.2) is 16.6 Å². The summed E-state index contributed by atoms with van der Waals surface area (Å²) in [5.41, 5.74) is 1.79. The van der Waals surface area contributed by atoms with Crippen molar-refractivity contribution < 1.29 is 23.2 Å². The monoisotopic (exact) mass is 475 g/mol. The van der Waals surface area contributed by atoms with Gasteiger partial charge in [-0.25, -0.2) is 19.0 Å². The molecular formula is C22H26FN5O4S. The molecule has 11 heteroatoms. The third kappa shape index (κ3) is 6.28. The van der Waals surface area contributed by atoms with Gasteiger partial charge in [0.05, 0.1) is 12.2 Å². The maximum atomic E-state index is 13.3. The Hall–Kier alpha value is -3.47.